The van der Waals surface area contributed by atoms with Gasteiger partial charge in [-0.1, -0.05) is 6.07 Å². The molecular formula is C13H15NO3. The van der Waals surface area contributed by atoms with Crippen molar-refractivity contribution in [3.63, 3.8) is 0 Å². The number of carboxylic acid groups (broad SMARTS) is 1. The first kappa shape index (κ1) is 10.4. The lowest BCUT2D eigenvalue weighted by atomic mass is 10.1. The van der Waals surface area contributed by atoms with E-state index in [-0.39, 0.29) is 0 Å². The Hall–Kier alpha value is -1.71. The lowest BCUT2D eigenvalue weighted by Crippen LogP contribution is -2.22. The van der Waals surface area contributed by atoms with Crippen LogP contribution in [0.2, 0.25) is 0 Å². The van der Waals surface area contributed by atoms with E-state index in [2.05, 4.69) is 0 Å². The highest BCUT2D eigenvalue weighted by Gasteiger charge is 2.24. The van der Waals surface area contributed by atoms with Gasteiger partial charge in [-0.2, -0.15) is 0 Å². The topological polar surface area (TPSA) is 49.8 Å². The Morgan fingerprint density at radius 3 is 2.82 bits per heavy atom. The molecule has 0 radical (unpaired) electrons. The lowest BCUT2D eigenvalue weighted by molar-refractivity contribution is 0.145. The minimum absolute atomic E-state index is 0.477. The van der Waals surface area contributed by atoms with Gasteiger partial charge in [-0.3, -0.25) is 4.90 Å². The fourth-order valence-electron chi connectivity index (χ4n) is 2.09. The number of ether oxygens (including phenoxy) is 1. The van der Waals surface area contributed by atoms with Crippen molar-refractivity contribution >= 4 is 6.09 Å². The van der Waals surface area contributed by atoms with Gasteiger partial charge in [-0.25, -0.2) is 4.79 Å². The van der Waals surface area contributed by atoms with Crippen LogP contribution in [0.4, 0.5) is 4.79 Å². The number of hydrogen-bond acceptors (Lipinski definition) is 2. The molecule has 0 saturated heterocycles. The van der Waals surface area contributed by atoms with Gasteiger partial charge in [-0.05, 0) is 42.0 Å². The molecule has 4 nitrogen and oxygen atoms in total. The Labute approximate surface area is 99.8 Å². The third kappa shape index (κ3) is 2.20. The molecule has 1 N–H and O–H groups in total. The van der Waals surface area contributed by atoms with Gasteiger partial charge in [-0.15, -0.1) is 0 Å². The third-order valence-corrected chi connectivity index (χ3v) is 3.35. The number of fused-ring (bicyclic) bond motifs is 1. The summed E-state index contributed by atoms with van der Waals surface area (Å²) in [5, 5.41) is 8.93. The minimum Gasteiger partial charge on any atom is -0.493 e. The first-order valence-electron chi connectivity index (χ1n) is 5.95. The molecule has 2 aliphatic rings. The van der Waals surface area contributed by atoms with E-state index < -0.39 is 6.09 Å². The molecule has 90 valence electrons. The quantitative estimate of drug-likeness (QED) is 0.872. The van der Waals surface area contributed by atoms with Crippen LogP contribution in [-0.2, 0) is 13.1 Å². The molecule has 3 rings (SSSR count). The zero-order chi connectivity index (χ0) is 11.8. The molecule has 1 saturated carbocycles. The predicted octanol–water partition coefficient (Wildman–Crippen LogP) is 2.47. The van der Waals surface area contributed by atoms with Crippen molar-refractivity contribution in [1.29, 1.82) is 0 Å². The van der Waals surface area contributed by atoms with Crippen LogP contribution in [0.15, 0.2) is 18.2 Å². The van der Waals surface area contributed by atoms with E-state index >= 15 is 0 Å². The van der Waals surface area contributed by atoms with E-state index in [1.807, 2.05) is 18.2 Å². The van der Waals surface area contributed by atoms with Crippen molar-refractivity contribution < 1.29 is 14.6 Å². The fourth-order valence-corrected chi connectivity index (χ4v) is 2.09. The van der Waals surface area contributed by atoms with E-state index in [4.69, 9.17) is 9.84 Å². The van der Waals surface area contributed by atoms with E-state index in [0.29, 0.717) is 13.1 Å². The summed E-state index contributed by atoms with van der Waals surface area (Å²) in [6, 6.07) is 5.88. The third-order valence-electron chi connectivity index (χ3n) is 3.35. The van der Waals surface area contributed by atoms with Crippen molar-refractivity contribution in [3.05, 3.63) is 29.3 Å². The molecule has 1 heterocycles. The van der Waals surface area contributed by atoms with Crippen LogP contribution in [0.25, 0.3) is 0 Å². The molecule has 0 atom stereocenters. The molecule has 0 spiro atoms. The van der Waals surface area contributed by atoms with Gasteiger partial charge < -0.3 is 9.84 Å². The van der Waals surface area contributed by atoms with Gasteiger partial charge >= 0.3 is 6.09 Å². The number of amides is 1. The number of nitrogens with zero attached hydrogens (tertiary/aromatic N) is 1. The summed E-state index contributed by atoms with van der Waals surface area (Å²) in [6.07, 6.45) is 1.69. The average Bonchev–Trinajstić information content (AvgIpc) is 3.03. The summed E-state index contributed by atoms with van der Waals surface area (Å²) in [5.41, 5.74) is 2.16. The van der Waals surface area contributed by atoms with Crippen molar-refractivity contribution in [3.8, 4) is 5.75 Å². The van der Waals surface area contributed by atoms with Crippen LogP contribution < -0.4 is 4.74 Å². The second-order valence-electron chi connectivity index (χ2n) is 4.82. The van der Waals surface area contributed by atoms with E-state index in [0.717, 1.165) is 29.4 Å². The second kappa shape index (κ2) is 3.95. The Morgan fingerprint density at radius 1 is 1.35 bits per heavy atom. The van der Waals surface area contributed by atoms with Crippen molar-refractivity contribution in [1.82, 2.24) is 4.90 Å². The molecule has 17 heavy (non-hydrogen) atoms. The number of rotatable bonds is 3. The summed E-state index contributed by atoms with van der Waals surface area (Å²) in [4.78, 5) is 12.3. The Morgan fingerprint density at radius 2 is 2.12 bits per heavy atom. The monoisotopic (exact) mass is 233 g/mol. The smallest absolute Gasteiger partial charge is 0.407 e. The van der Waals surface area contributed by atoms with Gasteiger partial charge in [0.25, 0.3) is 0 Å². The summed E-state index contributed by atoms with van der Waals surface area (Å²) in [6.45, 7) is 1.76. The molecule has 0 aromatic heterocycles. The number of carbonyl (C=O) groups is 1. The molecule has 1 fully saturated rings. The van der Waals surface area contributed by atoms with Gasteiger partial charge in [0.2, 0.25) is 0 Å². The van der Waals surface area contributed by atoms with Crippen LogP contribution in [0.5, 0.6) is 5.75 Å². The lowest BCUT2D eigenvalue weighted by Gasteiger charge is -2.08. The Bertz CT molecular complexity index is 454. The van der Waals surface area contributed by atoms with Crippen LogP contribution in [-0.4, -0.2) is 22.7 Å². The van der Waals surface area contributed by atoms with E-state index in [1.165, 1.54) is 17.7 Å². The van der Waals surface area contributed by atoms with Crippen molar-refractivity contribution in [2.45, 2.75) is 25.9 Å². The maximum absolute atomic E-state index is 10.9. The largest absolute Gasteiger partial charge is 0.493 e. The molecule has 1 aromatic carbocycles. The van der Waals surface area contributed by atoms with E-state index in [9.17, 15) is 4.79 Å². The van der Waals surface area contributed by atoms with Gasteiger partial charge in [0.1, 0.15) is 5.75 Å². The Kier molecular flexibility index (Phi) is 2.42. The molecule has 4 heteroatoms. The van der Waals surface area contributed by atoms with Gasteiger partial charge in [0, 0.05) is 13.1 Å². The maximum atomic E-state index is 10.9. The van der Waals surface area contributed by atoms with E-state index in [1.54, 1.807) is 0 Å². The second-order valence-corrected chi connectivity index (χ2v) is 4.82. The molecule has 1 aromatic rings. The summed E-state index contributed by atoms with van der Waals surface area (Å²) >= 11 is 0. The predicted molar refractivity (Wildman–Crippen MR) is 61.9 cm³/mol. The Balaban J connectivity index is 1.70. The summed E-state index contributed by atoms with van der Waals surface area (Å²) in [5.74, 6) is 1.60. The normalized spacial score (nSPS) is 18.0. The van der Waals surface area contributed by atoms with Gasteiger partial charge in [0.05, 0.1) is 6.61 Å². The molecule has 1 amide bonds. The maximum Gasteiger partial charge on any atom is 0.407 e. The SMILES string of the molecule is O=C(O)N1Cc2ccc(OCC3CC3)cc2C1. The molecule has 1 aliphatic carbocycles. The van der Waals surface area contributed by atoms with Gasteiger partial charge in [0.15, 0.2) is 0 Å². The van der Waals surface area contributed by atoms with Crippen LogP contribution in [0.3, 0.4) is 0 Å². The standard InChI is InChI=1S/C13H15NO3/c15-13(16)14-6-10-3-4-12(5-11(10)7-14)17-8-9-1-2-9/h3-5,9H,1-2,6-8H2,(H,15,16). The first-order valence-corrected chi connectivity index (χ1v) is 5.95. The molecular weight excluding hydrogens is 218 g/mol. The van der Waals surface area contributed by atoms with Crippen molar-refractivity contribution in [2.24, 2.45) is 5.92 Å². The molecule has 0 unspecified atom stereocenters. The molecule has 0 bridgehead atoms. The zero-order valence-corrected chi connectivity index (χ0v) is 9.56. The number of benzene rings is 1. The summed E-state index contributed by atoms with van der Waals surface area (Å²) in [7, 11) is 0. The summed E-state index contributed by atoms with van der Waals surface area (Å²) < 4.78 is 5.68. The average molecular weight is 233 g/mol. The minimum atomic E-state index is -0.860. The fraction of sp³-hybridized carbons (Fsp3) is 0.462. The highest BCUT2D eigenvalue weighted by atomic mass is 16.5. The van der Waals surface area contributed by atoms with Crippen LogP contribution in [0.1, 0.15) is 24.0 Å². The molecule has 1 aliphatic heterocycles. The highest BCUT2D eigenvalue weighted by Crippen LogP contribution is 2.31. The number of hydrogen-bond donors (Lipinski definition) is 1. The van der Waals surface area contributed by atoms with Crippen LogP contribution in [0, 0.1) is 5.92 Å². The first-order chi connectivity index (χ1) is 8.22. The highest BCUT2D eigenvalue weighted by molar-refractivity contribution is 5.66. The zero-order valence-electron chi connectivity index (χ0n) is 9.56. The van der Waals surface area contributed by atoms with Crippen molar-refractivity contribution in [2.75, 3.05) is 6.61 Å². The van der Waals surface area contributed by atoms with Crippen LogP contribution >= 0.6 is 0 Å².